The van der Waals surface area contributed by atoms with E-state index in [1.165, 1.54) is 13.2 Å². The van der Waals surface area contributed by atoms with Crippen LogP contribution in [-0.2, 0) is 0 Å². The lowest BCUT2D eigenvalue weighted by atomic mass is 10.0. The van der Waals surface area contributed by atoms with Crippen molar-refractivity contribution in [3.63, 3.8) is 0 Å². The predicted octanol–water partition coefficient (Wildman–Crippen LogP) is 3.95. The molecule has 0 aliphatic rings. The first-order chi connectivity index (χ1) is 10.0. The molecule has 0 saturated carbocycles. The summed E-state index contributed by atoms with van der Waals surface area (Å²) in [6.07, 6.45) is 0. The van der Waals surface area contributed by atoms with Gasteiger partial charge in [0.05, 0.1) is 7.11 Å². The Labute approximate surface area is 124 Å². The largest absolute Gasteiger partial charge is 0.508 e. The van der Waals surface area contributed by atoms with Crippen molar-refractivity contribution in [2.75, 3.05) is 7.11 Å². The fourth-order valence-electron chi connectivity index (χ4n) is 2.34. The summed E-state index contributed by atoms with van der Waals surface area (Å²) in [5.41, 5.74) is 1.54. The maximum absolute atomic E-state index is 14.0. The van der Waals surface area contributed by atoms with E-state index in [1.54, 1.807) is 30.3 Å². The fraction of sp³-hybridized carbons (Fsp3) is 0.294. The van der Waals surface area contributed by atoms with Crippen LogP contribution < -0.4 is 10.1 Å². The Balaban J connectivity index is 2.12. The molecular formula is C17H20FNO2. The molecule has 2 N–H and O–H groups in total. The highest BCUT2D eigenvalue weighted by atomic mass is 19.1. The van der Waals surface area contributed by atoms with Crippen LogP contribution in [0.5, 0.6) is 11.5 Å². The second kappa shape index (κ2) is 6.59. The third kappa shape index (κ3) is 3.73. The van der Waals surface area contributed by atoms with Crippen LogP contribution in [0, 0.1) is 5.82 Å². The van der Waals surface area contributed by atoms with Gasteiger partial charge >= 0.3 is 0 Å². The summed E-state index contributed by atoms with van der Waals surface area (Å²) in [7, 11) is 1.51. The molecule has 3 nitrogen and oxygen atoms in total. The number of methoxy groups -OCH3 is 1. The summed E-state index contributed by atoms with van der Waals surface area (Å²) in [4.78, 5) is 0. The van der Waals surface area contributed by atoms with Gasteiger partial charge in [-0.15, -0.1) is 0 Å². The van der Waals surface area contributed by atoms with Gasteiger partial charge in [0.15, 0.2) is 0 Å². The average molecular weight is 289 g/mol. The molecule has 112 valence electrons. The molecule has 0 bridgehead atoms. The zero-order valence-corrected chi connectivity index (χ0v) is 12.4. The van der Waals surface area contributed by atoms with Crippen molar-refractivity contribution in [1.29, 1.82) is 0 Å². The molecule has 2 aromatic carbocycles. The number of ether oxygens (including phenoxy) is 1. The second-order valence-corrected chi connectivity index (χ2v) is 5.09. The van der Waals surface area contributed by atoms with E-state index in [0.29, 0.717) is 11.3 Å². The topological polar surface area (TPSA) is 41.5 Å². The molecule has 21 heavy (non-hydrogen) atoms. The molecular weight excluding hydrogens is 269 g/mol. The summed E-state index contributed by atoms with van der Waals surface area (Å²) in [5.74, 6) is 0.436. The van der Waals surface area contributed by atoms with Crippen LogP contribution in [0.15, 0.2) is 42.5 Å². The minimum atomic E-state index is -0.294. The van der Waals surface area contributed by atoms with E-state index in [2.05, 4.69) is 5.32 Å². The maximum Gasteiger partial charge on any atom is 0.131 e. The Bertz CT molecular complexity index is 615. The molecule has 2 unspecified atom stereocenters. The summed E-state index contributed by atoms with van der Waals surface area (Å²) in [5, 5.41) is 12.8. The lowest BCUT2D eigenvalue weighted by molar-refractivity contribution is 0.408. The second-order valence-electron chi connectivity index (χ2n) is 5.09. The summed E-state index contributed by atoms with van der Waals surface area (Å²) < 4.78 is 19.0. The molecule has 0 saturated heterocycles. The normalized spacial score (nSPS) is 13.7. The first kappa shape index (κ1) is 15.3. The van der Waals surface area contributed by atoms with Gasteiger partial charge in [-0.05, 0) is 37.6 Å². The van der Waals surface area contributed by atoms with Crippen molar-refractivity contribution < 1.29 is 14.2 Å². The van der Waals surface area contributed by atoms with Crippen LogP contribution >= 0.6 is 0 Å². The summed E-state index contributed by atoms with van der Waals surface area (Å²) in [6, 6.07) is 11.7. The van der Waals surface area contributed by atoms with Crippen molar-refractivity contribution in [3.05, 3.63) is 59.4 Å². The van der Waals surface area contributed by atoms with E-state index in [4.69, 9.17) is 4.74 Å². The van der Waals surface area contributed by atoms with Gasteiger partial charge in [0.25, 0.3) is 0 Å². The number of hydrogen-bond donors (Lipinski definition) is 2. The van der Waals surface area contributed by atoms with Gasteiger partial charge in [-0.25, -0.2) is 4.39 Å². The molecule has 2 aromatic rings. The van der Waals surface area contributed by atoms with E-state index in [9.17, 15) is 9.50 Å². The van der Waals surface area contributed by atoms with Crippen molar-refractivity contribution in [3.8, 4) is 11.5 Å². The maximum atomic E-state index is 14.0. The van der Waals surface area contributed by atoms with Gasteiger partial charge in [-0.3, -0.25) is 0 Å². The summed E-state index contributed by atoms with van der Waals surface area (Å²) >= 11 is 0. The average Bonchev–Trinajstić information content (AvgIpc) is 2.46. The van der Waals surface area contributed by atoms with Gasteiger partial charge in [0, 0.05) is 23.7 Å². The van der Waals surface area contributed by atoms with Crippen LogP contribution in [0.3, 0.4) is 0 Å². The van der Waals surface area contributed by atoms with Crippen molar-refractivity contribution in [1.82, 2.24) is 5.32 Å². The van der Waals surface area contributed by atoms with Gasteiger partial charge in [-0.2, -0.15) is 0 Å². The molecule has 0 heterocycles. The van der Waals surface area contributed by atoms with Gasteiger partial charge < -0.3 is 15.2 Å². The zero-order valence-electron chi connectivity index (χ0n) is 12.4. The highest BCUT2D eigenvalue weighted by Gasteiger charge is 2.15. The number of rotatable bonds is 5. The molecule has 2 rings (SSSR count). The molecule has 0 aliphatic carbocycles. The standard InChI is InChI=1S/C17H20FNO2/c1-11(13-5-4-6-14(20)9-13)19-12(2)16-8-7-15(21-3)10-17(16)18/h4-12,19-20H,1-3H3. The SMILES string of the molecule is COc1ccc(C(C)NC(C)c2cccc(O)c2)c(F)c1. The molecule has 2 atom stereocenters. The highest BCUT2D eigenvalue weighted by Crippen LogP contribution is 2.25. The Morgan fingerprint density at radius 1 is 1.10 bits per heavy atom. The van der Waals surface area contributed by atoms with Gasteiger partial charge in [0.2, 0.25) is 0 Å². The number of phenolic OH excluding ortho intramolecular Hbond substituents is 1. The van der Waals surface area contributed by atoms with Crippen LogP contribution in [0.25, 0.3) is 0 Å². The van der Waals surface area contributed by atoms with Crippen LogP contribution in [0.2, 0.25) is 0 Å². The Morgan fingerprint density at radius 2 is 1.86 bits per heavy atom. The van der Waals surface area contributed by atoms with E-state index >= 15 is 0 Å². The lowest BCUT2D eigenvalue weighted by Crippen LogP contribution is -2.23. The van der Waals surface area contributed by atoms with Crippen molar-refractivity contribution in [2.24, 2.45) is 0 Å². The monoisotopic (exact) mass is 289 g/mol. The number of nitrogens with one attached hydrogen (secondary N) is 1. The third-order valence-electron chi connectivity index (χ3n) is 3.54. The number of aromatic hydroxyl groups is 1. The molecule has 4 heteroatoms. The van der Waals surface area contributed by atoms with E-state index in [1.807, 2.05) is 19.9 Å². The van der Waals surface area contributed by atoms with E-state index in [-0.39, 0.29) is 23.7 Å². The Morgan fingerprint density at radius 3 is 2.48 bits per heavy atom. The molecule has 0 spiro atoms. The first-order valence-corrected chi connectivity index (χ1v) is 6.89. The van der Waals surface area contributed by atoms with Gasteiger partial charge in [-0.1, -0.05) is 18.2 Å². The molecule has 0 radical (unpaired) electrons. The third-order valence-corrected chi connectivity index (χ3v) is 3.54. The van der Waals surface area contributed by atoms with E-state index < -0.39 is 0 Å². The predicted molar refractivity (Wildman–Crippen MR) is 81.0 cm³/mol. The van der Waals surface area contributed by atoms with Crippen LogP contribution in [0.1, 0.15) is 37.1 Å². The highest BCUT2D eigenvalue weighted by molar-refractivity contribution is 5.32. The van der Waals surface area contributed by atoms with Crippen molar-refractivity contribution >= 4 is 0 Å². The smallest absolute Gasteiger partial charge is 0.131 e. The first-order valence-electron chi connectivity index (χ1n) is 6.89. The minimum Gasteiger partial charge on any atom is -0.508 e. The number of hydrogen-bond acceptors (Lipinski definition) is 3. The molecule has 0 fully saturated rings. The molecule has 0 amide bonds. The Kier molecular flexibility index (Phi) is 4.81. The quantitative estimate of drug-likeness (QED) is 0.875. The molecule has 0 aliphatic heterocycles. The zero-order chi connectivity index (χ0) is 15.4. The number of benzene rings is 2. The van der Waals surface area contributed by atoms with Gasteiger partial charge in [0.1, 0.15) is 17.3 Å². The number of phenols is 1. The minimum absolute atomic E-state index is 0.00592. The van der Waals surface area contributed by atoms with Crippen LogP contribution in [0.4, 0.5) is 4.39 Å². The van der Waals surface area contributed by atoms with Crippen molar-refractivity contribution in [2.45, 2.75) is 25.9 Å². The Hall–Kier alpha value is -2.07. The summed E-state index contributed by atoms with van der Waals surface area (Å²) in [6.45, 7) is 3.89. The molecule has 0 aromatic heterocycles. The van der Waals surface area contributed by atoms with E-state index in [0.717, 1.165) is 5.56 Å². The lowest BCUT2D eigenvalue weighted by Gasteiger charge is -2.21. The van der Waals surface area contributed by atoms with Crippen LogP contribution in [-0.4, -0.2) is 12.2 Å². The number of halogens is 1. The fourth-order valence-corrected chi connectivity index (χ4v) is 2.34.